The fourth-order valence-electron chi connectivity index (χ4n) is 7.22. The molecule has 4 aliphatic heterocycles. The number of morpholine rings is 1. The molecule has 2 unspecified atom stereocenters. The van der Waals surface area contributed by atoms with Crippen LogP contribution in [0.25, 0.3) is 0 Å². The van der Waals surface area contributed by atoms with E-state index in [1.165, 1.54) is 0 Å². The number of carbonyl (C=O) groups is 3. The number of amides is 3. The van der Waals surface area contributed by atoms with E-state index in [-0.39, 0.29) is 24.3 Å². The molecule has 0 aromatic heterocycles. The second kappa shape index (κ2) is 12.6. The fourth-order valence-corrected chi connectivity index (χ4v) is 7.22. The molecular weight excluding hydrogens is 528 g/mol. The molecule has 11 heteroatoms. The maximum atomic E-state index is 14.1. The molecule has 4 aliphatic rings. The highest BCUT2D eigenvalue weighted by molar-refractivity contribution is 6.02. The Labute approximate surface area is 241 Å². The van der Waals surface area contributed by atoms with Gasteiger partial charge in [-0.05, 0) is 70.2 Å². The van der Waals surface area contributed by atoms with E-state index < -0.39 is 29.1 Å². The van der Waals surface area contributed by atoms with Gasteiger partial charge in [0, 0.05) is 45.0 Å². The summed E-state index contributed by atoms with van der Waals surface area (Å²) in [5.74, 6) is -1.45. The van der Waals surface area contributed by atoms with Gasteiger partial charge in [-0.1, -0.05) is 0 Å². The van der Waals surface area contributed by atoms with Crippen LogP contribution in [0.3, 0.4) is 0 Å². The zero-order valence-electron chi connectivity index (χ0n) is 24.2. The average Bonchev–Trinajstić information content (AvgIpc) is 3.53. The van der Waals surface area contributed by atoms with Crippen molar-refractivity contribution < 1.29 is 33.7 Å². The zero-order chi connectivity index (χ0) is 29.0. The number of rotatable bonds is 13. The van der Waals surface area contributed by atoms with Gasteiger partial charge in [0.05, 0.1) is 37.3 Å². The normalized spacial score (nSPS) is 30.9. The molecule has 2 bridgehead atoms. The standard InChI is InChI=1S/C30H44N4O7/c1-3-40-22-9-7-21(8-10-22)32-26(36)23-24-28(38)34(14-5-4-6-18-35)25(30(24)12-11-29(23,2)41-30)27(37)31-13-15-33-16-19-39-20-17-33/h7-10,23-25,35H,3-6,11-20H2,1-2H3,(H,31,37)(H,32,36)/t23-,24-,25?,29+,30?/m0/s1. The molecule has 3 amide bonds. The monoisotopic (exact) mass is 572 g/mol. The quantitative estimate of drug-likeness (QED) is 0.303. The minimum Gasteiger partial charge on any atom is -0.494 e. The Bertz CT molecular complexity index is 1090. The number of nitrogens with one attached hydrogen (secondary N) is 2. The van der Waals surface area contributed by atoms with Gasteiger partial charge in [-0.25, -0.2) is 0 Å². The van der Waals surface area contributed by atoms with Crippen molar-refractivity contribution in [2.24, 2.45) is 11.8 Å². The van der Waals surface area contributed by atoms with Gasteiger partial charge in [-0.15, -0.1) is 0 Å². The van der Waals surface area contributed by atoms with Gasteiger partial charge >= 0.3 is 0 Å². The predicted octanol–water partition coefficient (Wildman–Crippen LogP) is 1.40. The molecule has 3 N–H and O–H groups in total. The molecule has 5 atom stereocenters. The second-order valence-corrected chi connectivity index (χ2v) is 11.7. The van der Waals surface area contributed by atoms with Crippen molar-refractivity contribution in [3.05, 3.63) is 24.3 Å². The summed E-state index contributed by atoms with van der Waals surface area (Å²) in [4.78, 5) is 45.6. The van der Waals surface area contributed by atoms with Crippen LogP contribution in [0.1, 0.15) is 46.0 Å². The van der Waals surface area contributed by atoms with Crippen LogP contribution in [0.4, 0.5) is 5.69 Å². The number of aliphatic hydroxyl groups excluding tert-OH is 1. The SMILES string of the molecule is CCOc1ccc(NC(=O)[C@@H]2[C@H]3C(=O)N(CCCCCO)C(C(=O)NCCN4CCOCC4)C34CC[C@@]2(C)O4)cc1. The highest BCUT2D eigenvalue weighted by atomic mass is 16.5. The third-order valence-electron chi connectivity index (χ3n) is 9.13. The van der Waals surface area contributed by atoms with Crippen molar-refractivity contribution in [1.29, 1.82) is 0 Å². The maximum Gasteiger partial charge on any atom is 0.245 e. The number of hydrogen-bond acceptors (Lipinski definition) is 8. The largest absolute Gasteiger partial charge is 0.494 e. The number of ether oxygens (including phenoxy) is 3. The van der Waals surface area contributed by atoms with Crippen LogP contribution in [0.2, 0.25) is 0 Å². The predicted molar refractivity (Wildman–Crippen MR) is 151 cm³/mol. The van der Waals surface area contributed by atoms with Gasteiger partial charge in [0.25, 0.3) is 0 Å². The number of nitrogens with zero attached hydrogens (tertiary/aromatic N) is 2. The van der Waals surface area contributed by atoms with E-state index in [2.05, 4.69) is 15.5 Å². The van der Waals surface area contributed by atoms with Gasteiger partial charge in [-0.2, -0.15) is 0 Å². The first-order valence-corrected chi connectivity index (χ1v) is 15.1. The molecule has 0 radical (unpaired) electrons. The number of carbonyl (C=O) groups excluding carboxylic acids is 3. The molecule has 1 aromatic rings. The van der Waals surface area contributed by atoms with E-state index in [1.807, 2.05) is 13.8 Å². The molecule has 1 aromatic carbocycles. The second-order valence-electron chi connectivity index (χ2n) is 11.7. The van der Waals surface area contributed by atoms with E-state index in [9.17, 15) is 19.5 Å². The average molecular weight is 573 g/mol. The fraction of sp³-hybridized carbons (Fsp3) is 0.700. The summed E-state index contributed by atoms with van der Waals surface area (Å²) >= 11 is 0. The summed E-state index contributed by atoms with van der Waals surface area (Å²) in [5.41, 5.74) is -1.28. The Morgan fingerprint density at radius 3 is 2.54 bits per heavy atom. The van der Waals surface area contributed by atoms with Gasteiger partial charge in [0.2, 0.25) is 17.7 Å². The molecular formula is C30H44N4O7. The van der Waals surface area contributed by atoms with Crippen molar-refractivity contribution in [3.8, 4) is 5.75 Å². The summed E-state index contributed by atoms with van der Waals surface area (Å²) in [6.45, 7) is 9.01. The summed E-state index contributed by atoms with van der Waals surface area (Å²) in [7, 11) is 0. The molecule has 41 heavy (non-hydrogen) atoms. The van der Waals surface area contributed by atoms with Gasteiger partial charge in [0.1, 0.15) is 17.4 Å². The first-order chi connectivity index (χ1) is 19.8. The maximum absolute atomic E-state index is 14.1. The third-order valence-corrected chi connectivity index (χ3v) is 9.13. The molecule has 5 rings (SSSR count). The zero-order valence-corrected chi connectivity index (χ0v) is 24.2. The summed E-state index contributed by atoms with van der Waals surface area (Å²) in [5, 5.41) is 15.3. The highest BCUT2D eigenvalue weighted by Gasteiger charge is 2.77. The van der Waals surface area contributed by atoms with Gasteiger partial charge in [-0.3, -0.25) is 19.3 Å². The summed E-state index contributed by atoms with van der Waals surface area (Å²) in [6.07, 6.45) is 3.17. The molecule has 0 saturated carbocycles. The number of anilines is 1. The summed E-state index contributed by atoms with van der Waals surface area (Å²) in [6, 6.07) is 6.36. The van der Waals surface area contributed by atoms with Gasteiger partial charge in [0.15, 0.2) is 0 Å². The van der Waals surface area contributed by atoms with Crippen molar-refractivity contribution in [1.82, 2.24) is 15.1 Å². The van der Waals surface area contributed by atoms with Crippen LogP contribution >= 0.6 is 0 Å². The first-order valence-electron chi connectivity index (χ1n) is 15.1. The number of aliphatic hydroxyl groups is 1. The molecule has 11 nitrogen and oxygen atoms in total. The van der Waals surface area contributed by atoms with Crippen molar-refractivity contribution in [2.75, 3.05) is 64.5 Å². The lowest BCUT2D eigenvalue weighted by Crippen LogP contribution is -2.56. The Morgan fingerprint density at radius 1 is 1.07 bits per heavy atom. The first kappa shape index (κ1) is 29.8. The van der Waals surface area contributed by atoms with Crippen molar-refractivity contribution in [2.45, 2.75) is 63.2 Å². The molecule has 4 heterocycles. The Hall–Kier alpha value is -2.73. The van der Waals surface area contributed by atoms with E-state index in [4.69, 9.17) is 14.2 Å². The molecule has 226 valence electrons. The van der Waals surface area contributed by atoms with E-state index in [0.717, 1.165) is 19.5 Å². The van der Waals surface area contributed by atoms with Crippen LogP contribution in [-0.4, -0.2) is 109 Å². The molecule has 0 aliphatic carbocycles. The minimum absolute atomic E-state index is 0.0845. The number of unbranched alkanes of at least 4 members (excludes halogenated alkanes) is 2. The lowest BCUT2D eigenvalue weighted by Gasteiger charge is -2.34. The lowest BCUT2D eigenvalue weighted by molar-refractivity contribution is -0.145. The molecule has 4 fully saturated rings. The topological polar surface area (TPSA) is 130 Å². The van der Waals surface area contributed by atoms with Crippen LogP contribution < -0.4 is 15.4 Å². The van der Waals surface area contributed by atoms with E-state index in [1.54, 1.807) is 29.2 Å². The van der Waals surface area contributed by atoms with Crippen molar-refractivity contribution >= 4 is 23.4 Å². The number of likely N-dealkylation sites (tertiary alicyclic amines) is 1. The number of hydrogen-bond donors (Lipinski definition) is 3. The van der Waals surface area contributed by atoms with Crippen LogP contribution in [-0.2, 0) is 23.9 Å². The van der Waals surface area contributed by atoms with Crippen molar-refractivity contribution in [3.63, 3.8) is 0 Å². The summed E-state index contributed by atoms with van der Waals surface area (Å²) < 4.78 is 17.6. The highest BCUT2D eigenvalue weighted by Crippen LogP contribution is 2.63. The molecule has 1 spiro atoms. The Kier molecular flexibility index (Phi) is 9.18. The number of fused-ring (bicyclic) bond motifs is 1. The Balaban J connectivity index is 1.35. The Morgan fingerprint density at radius 2 is 1.83 bits per heavy atom. The minimum atomic E-state index is -1.05. The van der Waals surface area contributed by atoms with Crippen LogP contribution in [0, 0.1) is 11.8 Å². The molecule has 4 saturated heterocycles. The lowest BCUT2D eigenvalue weighted by atomic mass is 9.66. The van der Waals surface area contributed by atoms with Crippen LogP contribution in [0.5, 0.6) is 5.75 Å². The van der Waals surface area contributed by atoms with E-state index >= 15 is 0 Å². The number of benzene rings is 1. The third kappa shape index (κ3) is 5.82. The van der Waals surface area contributed by atoms with E-state index in [0.29, 0.717) is 76.6 Å². The van der Waals surface area contributed by atoms with Crippen LogP contribution in [0.15, 0.2) is 24.3 Å². The van der Waals surface area contributed by atoms with Gasteiger partial charge < -0.3 is 34.9 Å². The smallest absolute Gasteiger partial charge is 0.245 e.